The Kier molecular flexibility index (Phi) is 23.1. The molecule has 0 aromatic heterocycles. The van der Waals surface area contributed by atoms with Gasteiger partial charge in [-0.25, -0.2) is 0 Å². The molecule has 0 aliphatic heterocycles. The largest absolute Gasteiger partial charge is 1.00 e. The molecule has 2 atom stereocenters. The molecule has 0 saturated carbocycles. The number of aliphatic hydroxyl groups excluding tert-OH is 2. The van der Waals surface area contributed by atoms with Crippen molar-refractivity contribution in [3.05, 3.63) is 0 Å². The molecule has 61 valence electrons. The fourth-order valence-corrected chi connectivity index (χ4v) is 0.258. The van der Waals surface area contributed by atoms with E-state index in [2.05, 4.69) is 0 Å². The van der Waals surface area contributed by atoms with Crippen molar-refractivity contribution >= 4 is 20.4 Å². The van der Waals surface area contributed by atoms with E-state index in [1.807, 2.05) is 0 Å². The molecule has 2 N–H and O–H groups in total. The van der Waals surface area contributed by atoms with Crippen molar-refractivity contribution in [1.29, 1.82) is 0 Å². The summed E-state index contributed by atoms with van der Waals surface area (Å²) in [6.07, 6.45) is -4.88. The van der Waals surface area contributed by atoms with Crippen molar-refractivity contribution < 1.29 is 133 Å². The van der Waals surface area contributed by atoms with E-state index in [1.165, 1.54) is 0 Å². The van der Waals surface area contributed by atoms with E-state index in [-0.39, 0.29) is 111 Å². The van der Waals surface area contributed by atoms with Crippen molar-refractivity contribution in [2.45, 2.75) is 12.2 Å². The Morgan fingerprint density at radius 2 is 1.08 bits per heavy atom. The van der Waals surface area contributed by atoms with Crippen LogP contribution in [0, 0.1) is 0 Å². The van der Waals surface area contributed by atoms with Crippen LogP contribution in [0.15, 0.2) is 0 Å². The monoisotopic (exact) mass is 237 g/mol. The summed E-state index contributed by atoms with van der Waals surface area (Å²) >= 11 is 0. The van der Waals surface area contributed by atoms with Gasteiger partial charge in [0.05, 0.1) is 11.9 Å². The fraction of sp³-hybridized carbons (Fsp3) is 0.500. The SMILES string of the molecule is O=C([O-])C(O)C(O)C(=O)[O-].[B].[K+].[K+]. The van der Waals surface area contributed by atoms with Gasteiger partial charge < -0.3 is 30.0 Å². The number of hydrogen-bond acceptors (Lipinski definition) is 6. The molecule has 9 heteroatoms. The molecular weight excluding hydrogens is 233 g/mol. The van der Waals surface area contributed by atoms with Crippen LogP contribution in [-0.4, -0.2) is 42.8 Å². The predicted octanol–water partition coefficient (Wildman–Crippen LogP) is -11.2. The minimum Gasteiger partial charge on any atom is -0.547 e. The molecule has 0 amide bonds. The van der Waals surface area contributed by atoms with E-state index < -0.39 is 24.1 Å². The summed E-state index contributed by atoms with van der Waals surface area (Å²) < 4.78 is 0. The number of carboxylic acid groups (broad SMARTS) is 2. The third kappa shape index (κ3) is 10.5. The Bertz CT molecular complexity index is 147. The van der Waals surface area contributed by atoms with Gasteiger partial charge in [0.25, 0.3) is 0 Å². The third-order valence-electron chi connectivity index (χ3n) is 0.782. The zero-order valence-electron chi connectivity index (χ0n) is 7.26. The van der Waals surface area contributed by atoms with Gasteiger partial charge in [-0.1, -0.05) is 0 Å². The first kappa shape index (κ1) is 24.4. The standard InChI is InChI=1S/C4H6O6.B.2K/c5-1(3(7)8)2(6)4(9)10;;;/h1-2,5-6H,(H,7,8)(H,9,10);;;/q;;2*+1/p-2. The van der Waals surface area contributed by atoms with Crippen molar-refractivity contribution in [3.8, 4) is 0 Å². The maximum absolute atomic E-state index is 9.63. The second-order valence-electron chi connectivity index (χ2n) is 1.53. The quantitative estimate of drug-likeness (QED) is 0.470. The first-order valence-electron chi connectivity index (χ1n) is 2.24. The van der Waals surface area contributed by atoms with Crippen LogP contribution < -0.4 is 113 Å². The number of hydrogen-bond donors (Lipinski definition) is 2. The van der Waals surface area contributed by atoms with E-state index in [9.17, 15) is 19.8 Å². The van der Waals surface area contributed by atoms with Gasteiger partial charge in [-0.3, -0.25) is 0 Å². The van der Waals surface area contributed by atoms with Crippen LogP contribution in [0.5, 0.6) is 0 Å². The summed E-state index contributed by atoms with van der Waals surface area (Å²) in [6.45, 7) is 0. The summed E-state index contributed by atoms with van der Waals surface area (Å²) in [5.41, 5.74) is 0. The summed E-state index contributed by atoms with van der Waals surface area (Å²) in [5.74, 6) is -4.12. The number of aliphatic carboxylic acids is 2. The van der Waals surface area contributed by atoms with Crippen molar-refractivity contribution in [2.24, 2.45) is 0 Å². The van der Waals surface area contributed by atoms with Gasteiger partial charge in [-0.15, -0.1) is 0 Å². The summed E-state index contributed by atoms with van der Waals surface area (Å²) in [7, 11) is 0. The fourth-order valence-electron chi connectivity index (χ4n) is 0.258. The summed E-state index contributed by atoms with van der Waals surface area (Å²) in [6, 6.07) is 0. The van der Waals surface area contributed by atoms with E-state index in [4.69, 9.17) is 10.2 Å². The molecule has 0 spiro atoms. The maximum Gasteiger partial charge on any atom is 1.00 e. The molecule has 0 saturated heterocycles. The van der Waals surface area contributed by atoms with Gasteiger partial charge in [0.1, 0.15) is 12.2 Å². The van der Waals surface area contributed by atoms with Crippen LogP contribution in [0.25, 0.3) is 0 Å². The number of carbonyl (C=O) groups excluding carboxylic acids is 2. The summed E-state index contributed by atoms with van der Waals surface area (Å²) in [4.78, 5) is 19.3. The number of rotatable bonds is 3. The normalized spacial score (nSPS) is 12.2. The van der Waals surface area contributed by atoms with Gasteiger partial charge in [0, 0.05) is 8.41 Å². The van der Waals surface area contributed by atoms with Gasteiger partial charge >= 0.3 is 103 Å². The molecule has 0 aromatic carbocycles. The molecule has 0 fully saturated rings. The molecule has 0 aliphatic carbocycles. The first-order chi connectivity index (χ1) is 4.46. The molecule has 6 nitrogen and oxygen atoms in total. The van der Waals surface area contributed by atoms with Crippen molar-refractivity contribution in [3.63, 3.8) is 0 Å². The van der Waals surface area contributed by atoms with Crippen molar-refractivity contribution in [1.82, 2.24) is 0 Å². The average Bonchev–Trinajstić information content (AvgIpc) is 1.84. The molecule has 0 aromatic rings. The molecule has 2 unspecified atom stereocenters. The van der Waals surface area contributed by atoms with Gasteiger partial charge in [0.15, 0.2) is 0 Å². The second-order valence-corrected chi connectivity index (χ2v) is 1.53. The zero-order chi connectivity index (χ0) is 8.31. The molecule has 3 radical (unpaired) electrons. The first-order valence-corrected chi connectivity index (χ1v) is 2.24. The average molecular weight is 237 g/mol. The van der Waals surface area contributed by atoms with Crippen LogP contribution in [0.3, 0.4) is 0 Å². The van der Waals surface area contributed by atoms with Gasteiger partial charge in [-0.2, -0.15) is 0 Å². The van der Waals surface area contributed by atoms with E-state index >= 15 is 0 Å². The predicted molar refractivity (Wildman–Crippen MR) is 27.8 cm³/mol. The molecule has 13 heavy (non-hydrogen) atoms. The molecule has 0 aliphatic rings. The molecule has 0 rings (SSSR count). The maximum atomic E-state index is 9.63. The van der Waals surface area contributed by atoms with Crippen LogP contribution in [-0.2, 0) is 9.59 Å². The second kappa shape index (κ2) is 12.3. The third-order valence-corrected chi connectivity index (χ3v) is 0.782. The summed E-state index contributed by atoms with van der Waals surface area (Å²) in [5, 5.41) is 35.7. The van der Waals surface area contributed by atoms with E-state index in [0.29, 0.717) is 0 Å². The molecular formula is C4H4BK2O6. The number of aliphatic hydroxyl groups is 2. The Morgan fingerprint density at radius 1 is 0.923 bits per heavy atom. The zero-order valence-corrected chi connectivity index (χ0v) is 13.5. The van der Waals surface area contributed by atoms with Crippen LogP contribution in [0.1, 0.15) is 0 Å². The minimum absolute atomic E-state index is 0. The number of carboxylic acids is 2. The minimum atomic E-state index is -2.44. The van der Waals surface area contributed by atoms with E-state index in [0.717, 1.165) is 0 Å². The smallest absolute Gasteiger partial charge is 0.547 e. The molecule has 0 heterocycles. The topological polar surface area (TPSA) is 121 Å². The van der Waals surface area contributed by atoms with Gasteiger partial charge in [-0.05, 0) is 0 Å². The van der Waals surface area contributed by atoms with Crippen LogP contribution in [0.4, 0.5) is 0 Å². The van der Waals surface area contributed by atoms with Crippen LogP contribution >= 0.6 is 0 Å². The van der Waals surface area contributed by atoms with Crippen LogP contribution in [0.2, 0.25) is 0 Å². The van der Waals surface area contributed by atoms with Crippen molar-refractivity contribution in [2.75, 3.05) is 0 Å². The van der Waals surface area contributed by atoms with E-state index in [1.54, 1.807) is 0 Å². The Balaban J connectivity index is -0.000000135. The molecule has 0 bridgehead atoms. The number of carbonyl (C=O) groups is 2. The Hall–Kier alpha value is 2.20. The Morgan fingerprint density at radius 3 is 1.15 bits per heavy atom. The van der Waals surface area contributed by atoms with Gasteiger partial charge in [0.2, 0.25) is 0 Å². The Labute approximate surface area is 162 Å².